The zero-order chi connectivity index (χ0) is 26.0. The summed E-state index contributed by atoms with van der Waals surface area (Å²) in [6.45, 7) is 4.43. The highest BCUT2D eigenvalue weighted by molar-refractivity contribution is 5.98. The number of hydrogen-bond donors (Lipinski definition) is 1. The van der Waals surface area contributed by atoms with Gasteiger partial charge in [-0.2, -0.15) is 5.26 Å². The van der Waals surface area contributed by atoms with Crippen molar-refractivity contribution in [2.75, 3.05) is 25.0 Å². The molecule has 4 rings (SSSR count). The third-order valence-electron chi connectivity index (χ3n) is 6.67. The summed E-state index contributed by atoms with van der Waals surface area (Å²) >= 11 is 0. The van der Waals surface area contributed by atoms with E-state index in [1.807, 2.05) is 4.90 Å². The van der Waals surface area contributed by atoms with E-state index in [0.29, 0.717) is 48.4 Å². The monoisotopic (exact) mass is 494 g/mol. The number of piperidine rings is 1. The van der Waals surface area contributed by atoms with Crippen molar-refractivity contribution in [2.45, 2.75) is 26.7 Å². The number of benzene rings is 2. The van der Waals surface area contributed by atoms with Crippen LogP contribution in [-0.2, 0) is 4.79 Å². The van der Waals surface area contributed by atoms with Gasteiger partial charge in [0, 0.05) is 11.6 Å². The van der Waals surface area contributed by atoms with Gasteiger partial charge in [0.2, 0.25) is 5.91 Å². The van der Waals surface area contributed by atoms with Gasteiger partial charge in [0.1, 0.15) is 29.3 Å². The molecular formula is C27H25F3N4O2. The van der Waals surface area contributed by atoms with E-state index in [2.05, 4.69) is 11.4 Å². The highest BCUT2D eigenvalue weighted by Gasteiger charge is 2.29. The number of nitrogens with zero attached hydrogens (tertiary/aromatic N) is 3. The van der Waals surface area contributed by atoms with E-state index < -0.39 is 29.2 Å². The minimum Gasteiger partial charge on any atom is -0.310 e. The van der Waals surface area contributed by atoms with Gasteiger partial charge >= 0.3 is 0 Å². The van der Waals surface area contributed by atoms with Gasteiger partial charge in [0.05, 0.1) is 23.4 Å². The van der Waals surface area contributed by atoms with E-state index in [4.69, 9.17) is 0 Å². The highest BCUT2D eigenvalue weighted by atomic mass is 19.1. The van der Waals surface area contributed by atoms with E-state index in [-0.39, 0.29) is 23.8 Å². The van der Waals surface area contributed by atoms with Gasteiger partial charge in [0.25, 0.3) is 0 Å². The third kappa shape index (κ3) is 5.04. The van der Waals surface area contributed by atoms with Crippen molar-refractivity contribution < 1.29 is 22.8 Å². The number of nitrogens with one attached hydrogen (secondary N) is 1. The summed E-state index contributed by atoms with van der Waals surface area (Å²) in [5.74, 6) is -2.83. The van der Waals surface area contributed by atoms with Gasteiger partial charge in [-0.1, -0.05) is 6.07 Å². The van der Waals surface area contributed by atoms with Crippen LogP contribution in [0.4, 0.5) is 19.0 Å². The molecule has 0 unspecified atom stereocenters. The molecule has 1 saturated heterocycles. The molecular weight excluding hydrogens is 469 g/mol. The number of carbonyl (C=O) groups is 2. The van der Waals surface area contributed by atoms with Crippen molar-refractivity contribution in [3.8, 4) is 11.8 Å². The Labute approximate surface area is 206 Å². The number of likely N-dealkylation sites (tertiary alicyclic amines) is 1. The fourth-order valence-electron chi connectivity index (χ4n) is 4.63. The molecule has 3 aromatic rings. The summed E-state index contributed by atoms with van der Waals surface area (Å²) in [7, 11) is 0. The molecule has 0 bridgehead atoms. The Balaban J connectivity index is 1.44. The summed E-state index contributed by atoms with van der Waals surface area (Å²) in [5.41, 5.74) is 1.92. The van der Waals surface area contributed by atoms with E-state index in [9.17, 15) is 28.0 Å². The first kappa shape index (κ1) is 25.2. The van der Waals surface area contributed by atoms with Gasteiger partial charge < -0.3 is 5.32 Å². The van der Waals surface area contributed by atoms with Crippen LogP contribution in [0.1, 0.15) is 40.0 Å². The zero-order valence-electron chi connectivity index (χ0n) is 19.9. The lowest BCUT2D eigenvalue weighted by molar-refractivity contribution is -0.117. The van der Waals surface area contributed by atoms with Crippen molar-refractivity contribution in [3.63, 3.8) is 0 Å². The van der Waals surface area contributed by atoms with Crippen molar-refractivity contribution in [3.05, 3.63) is 82.3 Å². The highest BCUT2D eigenvalue weighted by Crippen LogP contribution is 2.30. The smallest absolute Gasteiger partial charge is 0.239 e. The van der Waals surface area contributed by atoms with Crippen LogP contribution in [0.15, 0.2) is 42.5 Å². The fraction of sp³-hybridized carbons (Fsp3) is 0.296. The molecule has 9 heteroatoms. The van der Waals surface area contributed by atoms with E-state index >= 15 is 0 Å². The van der Waals surface area contributed by atoms with Crippen LogP contribution in [0.3, 0.4) is 0 Å². The van der Waals surface area contributed by atoms with E-state index in [0.717, 1.165) is 18.2 Å². The molecule has 0 radical (unpaired) electrons. The molecule has 0 saturated carbocycles. The topological polar surface area (TPSA) is 78.1 Å². The summed E-state index contributed by atoms with van der Waals surface area (Å²) in [6, 6.07) is 10.8. The molecule has 0 atom stereocenters. The first-order chi connectivity index (χ1) is 17.2. The number of halogens is 3. The fourth-order valence-corrected chi connectivity index (χ4v) is 4.63. The maximum atomic E-state index is 14.0. The number of carbonyl (C=O) groups excluding carboxylic acids is 2. The second kappa shape index (κ2) is 10.4. The average molecular weight is 495 g/mol. The number of aromatic nitrogens is 1. The quantitative estimate of drug-likeness (QED) is 0.494. The maximum absolute atomic E-state index is 14.0. The summed E-state index contributed by atoms with van der Waals surface area (Å²) in [6.07, 6.45) is 0.812. The third-order valence-corrected chi connectivity index (χ3v) is 6.67. The van der Waals surface area contributed by atoms with Crippen LogP contribution in [0.5, 0.6) is 0 Å². The Morgan fingerprint density at radius 2 is 1.75 bits per heavy atom. The van der Waals surface area contributed by atoms with E-state index in [1.54, 1.807) is 30.5 Å². The summed E-state index contributed by atoms with van der Waals surface area (Å²) < 4.78 is 43.0. The Hall–Kier alpha value is -3.90. The maximum Gasteiger partial charge on any atom is 0.239 e. The van der Waals surface area contributed by atoms with Crippen LogP contribution in [0.2, 0.25) is 0 Å². The molecule has 1 fully saturated rings. The van der Waals surface area contributed by atoms with Gasteiger partial charge in [-0.25, -0.2) is 13.2 Å². The van der Waals surface area contributed by atoms with E-state index in [1.165, 1.54) is 12.1 Å². The van der Waals surface area contributed by atoms with Crippen LogP contribution in [0, 0.1) is 48.5 Å². The Morgan fingerprint density at radius 1 is 1.06 bits per heavy atom. The minimum absolute atomic E-state index is 0.0204. The number of ketones is 1. The normalized spacial score (nSPS) is 14.4. The Morgan fingerprint density at radius 3 is 2.42 bits per heavy atom. The summed E-state index contributed by atoms with van der Waals surface area (Å²) in [4.78, 5) is 27.5. The van der Waals surface area contributed by atoms with Crippen molar-refractivity contribution >= 4 is 17.5 Å². The lowest BCUT2D eigenvalue weighted by Gasteiger charge is -2.30. The molecule has 0 spiro atoms. The standard InChI is InChI=1S/C27H25F3N4O2/c1-16-17(2)34(21-5-3-4-19(28)12-21)27(23(16)14-31)32-25(35)15-33-10-8-18(9-11-33)26(36)22-13-20(29)6-7-24(22)30/h3-7,12-13,18H,8-11,15H2,1-2H3,(H,32,35). The molecule has 1 aliphatic rings. The number of nitriles is 1. The van der Waals surface area contributed by atoms with Crippen molar-refractivity contribution in [1.29, 1.82) is 5.26 Å². The zero-order valence-corrected chi connectivity index (χ0v) is 19.9. The average Bonchev–Trinajstić information content (AvgIpc) is 3.09. The second-order valence-electron chi connectivity index (χ2n) is 8.95. The van der Waals surface area contributed by atoms with Crippen molar-refractivity contribution in [2.24, 2.45) is 5.92 Å². The molecule has 1 amide bonds. The van der Waals surface area contributed by atoms with Crippen LogP contribution >= 0.6 is 0 Å². The number of Topliss-reactive ketones (excluding diaryl/α,β-unsaturated/α-hetero) is 1. The molecule has 1 aliphatic heterocycles. The Bertz CT molecular complexity index is 1370. The largest absolute Gasteiger partial charge is 0.310 e. The predicted octanol–water partition coefficient (Wildman–Crippen LogP) is 4.92. The lowest BCUT2D eigenvalue weighted by atomic mass is 9.88. The molecule has 1 aromatic heterocycles. The molecule has 186 valence electrons. The predicted molar refractivity (Wildman–Crippen MR) is 128 cm³/mol. The number of amides is 1. The SMILES string of the molecule is Cc1c(C#N)c(NC(=O)CN2CCC(C(=O)c3cc(F)ccc3F)CC2)n(-c2cccc(F)c2)c1C. The number of hydrogen-bond acceptors (Lipinski definition) is 4. The number of anilines is 1. The number of rotatable bonds is 6. The van der Waals surface area contributed by atoms with Gasteiger partial charge in [-0.3, -0.25) is 19.1 Å². The van der Waals surface area contributed by atoms with Gasteiger partial charge in [-0.05, 0) is 81.7 Å². The first-order valence-corrected chi connectivity index (χ1v) is 11.6. The van der Waals surface area contributed by atoms with Crippen LogP contribution in [-0.4, -0.2) is 40.8 Å². The van der Waals surface area contributed by atoms with Crippen molar-refractivity contribution in [1.82, 2.24) is 9.47 Å². The second-order valence-corrected chi connectivity index (χ2v) is 8.95. The molecule has 2 aromatic carbocycles. The minimum atomic E-state index is -0.747. The molecule has 6 nitrogen and oxygen atoms in total. The lowest BCUT2D eigenvalue weighted by Crippen LogP contribution is -2.41. The summed E-state index contributed by atoms with van der Waals surface area (Å²) in [5, 5.41) is 12.5. The molecule has 2 heterocycles. The van der Waals surface area contributed by atoms with Gasteiger partial charge in [0.15, 0.2) is 5.78 Å². The molecule has 36 heavy (non-hydrogen) atoms. The van der Waals surface area contributed by atoms with Crippen LogP contribution < -0.4 is 5.32 Å². The first-order valence-electron chi connectivity index (χ1n) is 11.6. The van der Waals surface area contributed by atoms with Crippen LogP contribution in [0.25, 0.3) is 5.69 Å². The Kier molecular flexibility index (Phi) is 7.27. The van der Waals surface area contributed by atoms with Gasteiger partial charge in [-0.15, -0.1) is 0 Å². The molecule has 1 N–H and O–H groups in total. The molecule has 0 aliphatic carbocycles.